The second-order valence-electron chi connectivity index (χ2n) is 4.45. The van der Waals surface area contributed by atoms with Crippen molar-refractivity contribution >= 4 is 37.3 Å². The van der Waals surface area contributed by atoms with Gasteiger partial charge in [0.25, 0.3) is 0 Å². The molecule has 0 unspecified atom stereocenters. The molecule has 0 spiro atoms. The zero-order valence-electron chi connectivity index (χ0n) is 11.6. The Morgan fingerprint density at radius 3 is 2.67 bits per heavy atom. The SMILES string of the molecule is CCNCc1ccc(S(=O)(=O)NCc2cccs2)c(Br)c1. The van der Waals surface area contributed by atoms with Crippen molar-refractivity contribution in [2.75, 3.05) is 6.54 Å². The van der Waals surface area contributed by atoms with Gasteiger partial charge in [0.2, 0.25) is 10.0 Å². The molecule has 0 saturated heterocycles. The Bertz CT molecular complexity index is 685. The minimum Gasteiger partial charge on any atom is -0.313 e. The first-order valence-corrected chi connectivity index (χ1v) is 9.69. The van der Waals surface area contributed by atoms with Crippen molar-refractivity contribution in [3.63, 3.8) is 0 Å². The molecule has 0 aliphatic rings. The summed E-state index contributed by atoms with van der Waals surface area (Å²) in [6, 6.07) is 9.10. The van der Waals surface area contributed by atoms with Crippen LogP contribution in [0.5, 0.6) is 0 Å². The Morgan fingerprint density at radius 2 is 2.05 bits per heavy atom. The Kier molecular flexibility index (Phi) is 5.95. The van der Waals surface area contributed by atoms with Gasteiger partial charge in [-0.1, -0.05) is 19.1 Å². The number of hydrogen-bond donors (Lipinski definition) is 2. The lowest BCUT2D eigenvalue weighted by Gasteiger charge is -2.10. The van der Waals surface area contributed by atoms with Crippen LogP contribution < -0.4 is 10.0 Å². The standard InChI is InChI=1S/C14H17BrN2O2S2/c1-2-16-9-11-5-6-14(13(15)8-11)21(18,19)17-10-12-4-3-7-20-12/h3-8,16-17H,2,9-10H2,1H3. The van der Waals surface area contributed by atoms with E-state index in [2.05, 4.69) is 26.0 Å². The van der Waals surface area contributed by atoms with Crippen LogP contribution in [0.4, 0.5) is 0 Å². The number of nitrogens with one attached hydrogen (secondary N) is 2. The molecule has 2 N–H and O–H groups in total. The second-order valence-corrected chi connectivity index (χ2v) is 8.07. The second kappa shape index (κ2) is 7.51. The summed E-state index contributed by atoms with van der Waals surface area (Å²) in [6.07, 6.45) is 0. The van der Waals surface area contributed by atoms with E-state index in [0.29, 0.717) is 11.0 Å². The number of thiophene rings is 1. The molecule has 0 fully saturated rings. The van der Waals surface area contributed by atoms with Crippen molar-refractivity contribution < 1.29 is 8.42 Å². The topological polar surface area (TPSA) is 58.2 Å². The lowest BCUT2D eigenvalue weighted by atomic mass is 10.2. The lowest BCUT2D eigenvalue weighted by molar-refractivity contribution is 0.581. The van der Waals surface area contributed by atoms with Gasteiger partial charge < -0.3 is 5.32 Å². The van der Waals surface area contributed by atoms with Crippen LogP contribution in [-0.2, 0) is 23.1 Å². The molecule has 0 aliphatic carbocycles. The van der Waals surface area contributed by atoms with Gasteiger partial charge in [0.15, 0.2) is 0 Å². The number of sulfonamides is 1. The predicted molar refractivity (Wildman–Crippen MR) is 89.9 cm³/mol. The van der Waals surface area contributed by atoms with E-state index in [4.69, 9.17) is 0 Å². The molecule has 0 atom stereocenters. The molecule has 21 heavy (non-hydrogen) atoms. The average Bonchev–Trinajstić information content (AvgIpc) is 2.96. The summed E-state index contributed by atoms with van der Waals surface area (Å²) >= 11 is 4.88. The molecule has 2 rings (SSSR count). The van der Waals surface area contributed by atoms with Crippen LogP contribution >= 0.6 is 27.3 Å². The van der Waals surface area contributed by atoms with Crippen molar-refractivity contribution in [2.24, 2.45) is 0 Å². The summed E-state index contributed by atoms with van der Waals surface area (Å²) in [5.74, 6) is 0. The van der Waals surface area contributed by atoms with Gasteiger partial charge in [0.1, 0.15) is 0 Å². The summed E-state index contributed by atoms with van der Waals surface area (Å²) in [5.41, 5.74) is 1.04. The summed E-state index contributed by atoms with van der Waals surface area (Å²) in [4.78, 5) is 1.25. The van der Waals surface area contributed by atoms with Crippen LogP contribution in [0.15, 0.2) is 45.1 Å². The van der Waals surface area contributed by atoms with Gasteiger partial charge >= 0.3 is 0 Å². The zero-order chi connectivity index (χ0) is 15.3. The predicted octanol–water partition coefficient (Wildman–Crippen LogP) is 3.10. The van der Waals surface area contributed by atoms with Crippen LogP contribution in [0.25, 0.3) is 0 Å². The van der Waals surface area contributed by atoms with Crippen molar-refractivity contribution in [3.8, 4) is 0 Å². The molecule has 7 heteroatoms. The van der Waals surface area contributed by atoms with Gasteiger partial charge in [-0.05, 0) is 51.6 Å². The number of rotatable bonds is 7. The van der Waals surface area contributed by atoms with Gasteiger partial charge in [0, 0.05) is 22.4 Å². The third-order valence-corrected chi connectivity index (χ3v) is 6.14. The smallest absolute Gasteiger partial charge is 0.242 e. The maximum atomic E-state index is 12.3. The van der Waals surface area contributed by atoms with Crippen LogP contribution in [0.1, 0.15) is 17.4 Å². The van der Waals surface area contributed by atoms with Crippen LogP contribution in [0, 0.1) is 0 Å². The van der Waals surface area contributed by atoms with Gasteiger partial charge in [-0.15, -0.1) is 11.3 Å². The fourth-order valence-electron chi connectivity index (χ4n) is 1.80. The minimum absolute atomic E-state index is 0.263. The third-order valence-electron chi connectivity index (χ3n) is 2.88. The quantitative estimate of drug-likeness (QED) is 0.765. The largest absolute Gasteiger partial charge is 0.313 e. The molecule has 2 aromatic rings. The van der Waals surface area contributed by atoms with Crippen LogP contribution in [0.2, 0.25) is 0 Å². The molecule has 0 saturated carbocycles. The van der Waals surface area contributed by atoms with E-state index >= 15 is 0 Å². The zero-order valence-corrected chi connectivity index (χ0v) is 14.8. The van der Waals surface area contributed by atoms with Crippen LogP contribution in [-0.4, -0.2) is 15.0 Å². The fraction of sp³-hybridized carbons (Fsp3) is 0.286. The normalized spacial score (nSPS) is 11.7. The first-order valence-electron chi connectivity index (χ1n) is 6.54. The Balaban J connectivity index is 2.12. The number of halogens is 1. The molecule has 1 heterocycles. The average molecular weight is 389 g/mol. The third kappa shape index (κ3) is 4.62. The maximum Gasteiger partial charge on any atom is 0.242 e. The van der Waals surface area contributed by atoms with E-state index in [9.17, 15) is 8.42 Å². The molecular weight excluding hydrogens is 372 g/mol. The molecular formula is C14H17BrN2O2S2. The fourth-order valence-corrected chi connectivity index (χ4v) is 4.66. The molecule has 1 aromatic heterocycles. The Morgan fingerprint density at radius 1 is 1.24 bits per heavy atom. The van der Waals surface area contributed by atoms with Crippen molar-refractivity contribution in [3.05, 3.63) is 50.6 Å². The summed E-state index contributed by atoms with van der Waals surface area (Å²) in [5, 5.41) is 5.13. The maximum absolute atomic E-state index is 12.3. The van der Waals surface area contributed by atoms with Crippen LogP contribution in [0.3, 0.4) is 0 Å². The number of hydrogen-bond acceptors (Lipinski definition) is 4. The van der Waals surface area contributed by atoms with E-state index < -0.39 is 10.0 Å². The molecule has 0 amide bonds. The van der Waals surface area contributed by atoms with Crippen molar-refractivity contribution in [1.82, 2.24) is 10.0 Å². The summed E-state index contributed by atoms with van der Waals surface area (Å²) < 4.78 is 27.8. The molecule has 0 bridgehead atoms. The van der Waals surface area contributed by atoms with E-state index in [1.54, 1.807) is 6.07 Å². The van der Waals surface area contributed by atoms with E-state index in [1.807, 2.05) is 36.6 Å². The van der Waals surface area contributed by atoms with Gasteiger partial charge in [-0.2, -0.15) is 0 Å². The van der Waals surface area contributed by atoms with Gasteiger partial charge in [-0.25, -0.2) is 13.1 Å². The van der Waals surface area contributed by atoms with Crippen molar-refractivity contribution in [1.29, 1.82) is 0 Å². The highest BCUT2D eigenvalue weighted by Gasteiger charge is 2.17. The van der Waals surface area contributed by atoms with Gasteiger partial charge in [0.05, 0.1) is 4.90 Å². The minimum atomic E-state index is -3.51. The summed E-state index contributed by atoms with van der Waals surface area (Å²) in [7, 11) is -3.51. The Hall–Kier alpha value is -0.730. The van der Waals surface area contributed by atoms with E-state index in [0.717, 1.165) is 23.5 Å². The Labute approximate surface area is 137 Å². The molecule has 4 nitrogen and oxygen atoms in total. The van der Waals surface area contributed by atoms with Gasteiger partial charge in [-0.3, -0.25) is 0 Å². The summed E-state index contributed by atoms with van der Waals surface area (Å²) in [6.45, 7) is 3.94. The first kappa shape index (κ1) is 16.6. The van der Waals surface area contributed by atoms with Crippen molar-refractivity contribution in [2.45, 2.75) is 24.9 Å². The first-order chi connectivity index (χ1) is 10.0. The lowest BCUT2D eigenvalue weighted by Crippen LogP contribution is -2.23. The monoisotopic (exact) mass is 388 g/mol. The van der Waals surface area contributed by atoms with E-state index in [1.165, 1.54) is 11.3 Å². The highest BCUT2D eigenvalue weighted by molar-refractivity contribution is 9.10. The molecule has 114 valence electrons. The van der Waals surface area contributed by atoms with E-state index in [-0.39, 0.29) is 4.90 Å². The molecule has 0 radical (unpaired) electrons. The molecule has 1 aromatic carbocycles. The highest BCUT2D eigenvalue weighted by atomic mass is 79.9. The molecule has 0 aliphatic heterocycles. The number of benzene rings is 1. The highest BCUT2D eigenvalue weighted by Crippen LogP contribution is 2.23.